The molecule has 0 atom stereocenters. The van der Waals surface area contributed by atoms with Crippen LogP contribution < -0.4 is 14.5 Å². The van der Waals surface area contributed by atoms with Gasteiger partial charge in [0.1, 0.15) is 5.75 Å². The summed E-state index contributed by atoms with van der Waals surface area (Å²) in [6, 6.07) is 12.6. The van der Waals surface area contributed by atoms with E-state index in [0.29, 0.717) is 44.0 Å². The lowest BCUT2D eigenvalue weighted by Crippen LogP contribution is -2.48. The van der Waals surface area contributed by atoms with Gasteiger partial charge in [-0.2, -0.15) is 0 Å². The molecule has 3 amide bonds. The molecular weight excluding hydrogens is 440 g/mol. The second-order valence-electron chi connectivity index (χ2n) is 8.01. The molecule has 2 aliphatic heterocycles. The summed E-state index contributed by atoms with van der Waals surface area (Å²) < 4.78 is 6.67. The number of hydrogen-bond donors (Lipinski definition) is 0. The number of ether oxygens (including phenoxy) is 1. The molecule has 33 heavy (non-hydrogen) atoms. The number of rotatable bonds is 5. The molecule has 2 saturated heterocycles. The summed E-state index contributed by atoms with van der Waals surface area (Å²) in [7, 11) is 0. The van der Waals surface area contributed by atoms with E-state index < -0.39 is 0 Å². The van der Waals surface area contributed by atoms with Gasteiger partial charge in [-0.1, -0.05) is 11.3 Å². The molecule has 0 spiro atoms. The number of nitrogens with zero attached hydrogens (tertiary/aromatic N) is 4. The molecule has 0 radical (unpaired) electrons. The summed E-state index contributed by atoms with van der Waals surface area (Å²) in [5.74, 6) is 0.407. The van der Waals surface area contributed by atoms with Crippen LogP contribution in [0.5, 0.6) is 5.75 Å². The van der Waals surface area contributed by atoms with Crippen molar-refractivity contribution in [3.63, 3.8) is 0 Å². The molecule has 2 fully saturated rings. The van der Waals surface area contributed by atoms with Gasteiger partial charge in [-0.3, -0.25) is 19.3 Å². The molecule has 0 aliphatic carbocycles. The number of thiazole rings is 1. The molecule has 8 nitrogen and oxygen atoms in total. The largest absolute Gasteiger partial charge is 0.494 e. The number of anilines is 2. The van der Waals surface area contributed by atoms with Gasteiger partial charge in [-0.15, -0.1) is 0 Å². The van der Waals surface area contributed by atoms with E-state index in [1.165, 1.54) is 4.90 Å². The van der Waals surface area contributed by atoms with Crippen molar-refractivity contribution in [1.82, 2.24) is 9.88 Å². The van der Waals surface area contributed by atoms with Crippen molar-refractivity contribution < 1.29 is 19.1 Å². The Hall–Kier alpha value is -3.46. The molecule has 1 aromatic heterocycles. The lowest BCUT2D eigenvalue weighted by atomic mass is 10.1. The SMILES string of the molecule is CCOc1ccc2nc(N3CCN(C(=O)c4ccc(N5C(=O)CCC5=O)cc4)CC3)sc2c1. The van der Waals surface area contributed by atoms with Gasteiger partial charge in [0.05, 0.1) is 22.5 Å². The van der Waals surface area contributed by atoms with Crippen LogP contribution in [0.3, 0.4) is 0 Å². The molecule has 5 rings (SSSR count). The Balaban J connectivity index is 1.23. The van der Waals surface area contributed by atoms with Crippen LogP contribution in [-0.4, -0.2) is 60.4 Å². The molecule has 0 N–H and O–H groups in total. The summed E-state index contributed by atoms with van der Waals surface area (Å²) in [6.45, 7) is 5.21. The summed E-state index contributed by atoms with van der Waals surface area (Å²) in [5.41, 5.74) is 2.02. The molecule has 9 heteroatoms. The lowest BCUT2D eigenvalue weighted by Gasteiger charge is -2.34. The van der Waals surface area contributed by atoms with Gasteiger partial charge in [0.25, 0.3) is 5.91 Å². The molecule has 3 aromatic rings. The van der Waals surface area contributed by atoms with Crippen LogP contribution in [-0.2, 0) is 9.59 Å². The molecular formula is C24H24N4O4S. The predicted molar refractivity (Wildman–Crippen MR) is 127 cm³/mol. The first-order valence-electron chi connectivity index (χ1n) is 11.1. The van der Waals surface area contributed by atoms with E-state index in [1.807, 2.05) is 30.0 Å². The van der Waals surface area contributed by atoms with Crippen LogP contribution in [0, 0.1) is 0 Å². The van der Waals surface area contributed by atoms with E-state index in [2.05, 4.69) is 4.90 Å². The van der Waals surface area contributed by atoms with E-state index in [0.717, 1.165) is 21.1 Å². The molecule has 0 saturated carbocycles. The van der Waals surface area contributed by atoms with Crippen LogP contribution in [0.1, 0.15) is 30.1 Å². The maximum Gasteiger partial charge on any atom is 0.253 e. The highest BCUT2D eigenvalue weighted by atomic mass is 32.1. The number of benzene rings is 2. The van der Waals surface area contributed by atoms with E-state index in [4.69, 9.17) is 9.72 Å². The first-order chi connectivity index (χ1) is 16.0. The van der Waals surface area contributed by atoms with Gasteiger partial charge >= 0.3 is 0 Å². The maximum absolute atomic E-state index is 13.0. The number of piperazine rings is 1. The number of amides is 3. The zero-order valence-electron chi connectivity index (χ0n) is 18.3. The van der Waals surface area contributed by atoms with Crippen LogP contribution >= 0.6 is 11.3 Å². The summed E-state index contributed by atoms with van der Waals surface area (Å²) in [5, 5.41) is 0.954. The Morgan fingerprint density at radius 2 is 1.70 bits per heavy atom. The minimum absolute atomic E-state index is 0.0501. The number of carbonyl (C=O) groups excluding carboxylic acids is 3. The van der Waals surface area contributed by atoms with Crippen LogP contribution in [0.25, 0.3) is 10.2 Å². The average molecular weight is 465 g/mol. The summed E-state index contributed by atoms with van der Waals surface area (Å²) >= 11 is 1.64. The highest BCUT2D eigenvalue weighted by Crippen LogP contribution is 2.32. The normalized spacial score (nSPS) is 16.7. The van der Waals surface area contributed by atoms with E-state index >= 15 is 0 Å². The molecule has 170 valence electrons. The van der Waals surface area contributed by atoms with E-state index in [9.17, 15) is 14.4 Å². The third-order valence-electron chi connectivity index (χ3n) is 5.92. The molecule has 0 unspecified atom stereocenters. The zero-order valence-corrected chi connectivity index (χ0v) is 19.1. The van der Waals surface area contributed by atoms with Gasteiger partial charge in [0.15, 0.2) is 5.13 Å². The molecule has 2 aromatic carbocycles. The third-order valence-corrected chi connectivity index (χ3v) is 7.00. The van der Waals surface area contributed by atoms with Crippen molar-refractivity contribution >= 4 is 50.1 Å². The van der Waals surface area contributed by atoms with Gasteiger partial charge in [0, 0.05) is 44.6 Å². The fraction of sp³-hybridized carbons (Fsp3) is 0.333. The fourth-order valence-corrected chi connectivity index (χ4v) is 5.23. The fourth-order valence-electron chi connectivity index (χ4n) is 4.19. The minimum Gasteiger partial charge on any atom is -0.494 e. The van der Waals surface area contributed by atoms with Crippen molar-refractivity contribution in [3.05, 3.63) is 48.0 Å². The van der Waals surface area contributed by atoms with E-state index in [-0.39, 0.29) is 30.6 Å². The first kappa shape index (κ1) is 21.4. The van der Waals surface area contributed by atoms with Crippen LogP contribution in [0.15, 0.2) is 42.5 Å². The van der Waals surface area contributed by atoms with Crippen molar-refractivity contribution in [2.24, 2.45) is 0 Å². The average Bonchev–Trinajstić information content (AvgIpc) is 3.41. The quantitative estimate of drug-likeness (QED) is 0.539. The molecule has 0 bridgehead atoms. The summed E-state index contributed by atoms with van der Waals surface area (Å²) in [6.07, 6.45) is 0.484. The standard InChI is InChI=1S/C24H24N4O4S/c1-2-32-18-7-8-19-20(15-18)33-24(25-19)27-13-11-26(12-14-27)23(31)16-3-5-17(6-4-16)28-21(29)9-10-22(28)30/h3-8,15H,2,9-14H2,1H3. The van der Waals surface area contributed by atoms with Crippen molar-refractivity contribution in [2.75, 3.05) is 42.6 Å². The van der Waals surface area contributed by atoms with Gasteiger partial charge in [-0.05, 0) is 49.4 Å². The van der Waals surface area contributed by atoms with Gasteiger partial charge in [0.2, 0.25) is 11.8 Å². The second kappa shape index (κ2) is 8.82. The van der Waals surface area contributed by atoms with E-state index in [1.54, 1.807) is 35.6 Å². The number of fused-ring (bicyclic) bond motifs is 1. The Morgan fingerprint density at radius 1 is 1.00 bits per heavy atom. The first-order valence-corrected chi connectivity index (χ1v) is 11.9. The second-order valence-corrected chi connectivity index (χ2v) is 9.02. The van der Waals surface area contributed by atoms with Crippen LogP contribution in [0.2, 0.25) is 0 Å². The third kappa shape index (κ3) is 4.16. The highest BCUT2D eigenvalue weighted by molar-refractivity contribution is 7.22. The van der Waals surface area contributed by atoms with Crippen molar-refractivity contribution in [1.29, 1.82) is 0 Å². The molecule has 3 heterocycles. The summed E-state index contributed by atoms with van der Waals surface area (Å²) in [4.78, 5) is 46.8. The van der Waals surface area contributed by atoms with Crippen LogP contribution in [0.4, 0.5) is 10.8 Å². The Labute approximate surface area is 195 Å². The topological polar surface area (TPSA) is 83.1 Å². The number of hydrogen-bond acceptors (Lipinski definition) is 7. The lowest BCUT2D eigenvalue weighted by molar-refractivity contribution is -0.121. The molecule has 2 aliphatic rings. The maximum atomic E-state index is 13.0. The predicted octanol–water partition coefficient (Wildman–Crippen LogP) is 3.31. The number of imide groups is 1. The van der Waals surface area contributed by atoms with Crippen molar-refractivity contribution in [3.8, 4) is 5.75 Å². The Bertz CT molecular complexity index is 1200. The number of aromatic nitrogens is 1. The van der Waals surface area contributed by atoms with Gasteiger partial charge < -0.3 is 14.5 Å². The smallest absolute Gasteiger partial charge is 0.253 e. The zero-order chi connectivity index (χ0) is 22.9. The number of carbonyl (C=O) groups is 3. The monoisotopic (exact) mass is 464 g/mol. The Kier molecular flexibility index (Phi) is 5.72. The minimum atomic E-state index is -0.195. The highest BCUT2D eigenvalue weighted by Gasteiger charge is 2.30. The van der Waals surface area contributed by atoms with Gasteiger partial charge in [-0.25, -0.2) is 4.98 Å². The van der Waals surface area contributed by atoms with Crippen molar-refractivity contribution in [2.45, 2.75) is 19.8 Å². The Morgan fingerprint density at radius 3 is 2.36 bits per heavy atom.